The zero-order valence-electron chi connectivity index (χ0n) is 62.1. The van der Waals surface area contributed by atoms with Gasteiger partial charge in [0.05, 0.1) is 19.1 Å². The lowest BCUT2D eigenvalue weighted by molar-refractivity contribution is -0.146. The SMILES string of the molecule is CC[C@@](C)(NC(=O)[C@@H]1CCCN1C(=O)C(C)(C)NC(=O)[C@@H](NC(=O)[C@H](C)NC(=O)[C@@H]1CCCN1C(=O)C(C)(C)NC(=O)[C@H](CC(C)C)NC(=O)[C@H](CC(N)=O)NC(=O)C(C)(C)NC(C)=O)C(C)C)C(=O)N[C@@H](CC(C)C)C(=O)NC(C)(C)C(=O)N1CCC[C@H]1C(=O)N[C@H](CO)CC(C)C. The number of rotatable bonds is 35. The van der Waals surface area contributed by atoms with E-state index in [1.807, 2.05) is 27.7 Å². The molecule has 31 nitrogen and oxygen atoms in total. The summed E-state index contributed by atoms with van der Waals surface area (Å²) in [6.45, 7) is 32.0. The van der Waals surface area contributed by atoms with Crippen molar-refractivity contribution in [1.82, 2.24) is 73.2 Å². The summed E-state index contributed by atoms with van der Waals surface area (Å²) in [5, 5.41) is 39.3. The van der Waals surface area contributed by atoms with Gasteiger partial charge in [0.25, 0.3) is 0 Å². The highest BCUT2D eigenvalue weighted by molar-refractivity contribution is 6.03. The first kappa shape index (κ1) is 85.2. The highest BCUT2D eigenvalue weighted by atomic mass is 16.3. The molecule has 0 aromatic rings. The Morgan fingerprint density at radius 3 is 1.22 bits per heavy atom. The van der Waals surface area contributed by atoms with Crippen molar-refractivity contribution in [3.05, 3.63) is 0 Å². The third-order valence-corrected chi connectivity index (χ3v) is 18.0. The summed E-state index contributed by atoms with van der Waals surface area (Å²) in [5.41, 5.74) is -2.61. The van der Waals surface area contributed by atoms with Crippen molar-refractivity contribution in [3.63, 3.8) is 0 Å². The maximum absolute atomic E-state index is 14.5. The number of aliphatic hydroxyl groups excluding tert-OH is 1. The smallest absolute Gasteiger partial charge is 0.248 e. The van der Waals surface area contributed by atoms with E-state index in [2.05, 4.69) is 58.5 Å². The minimum Gasteiger partial charge on any atom is -0.394 e. The Labute approximate surface area is 583 Å². The van der Waals surface area contributed by atoms with Crippen molar-refractivity contribution >= 4 is 88.6 Å². The van der Waals surface area contributed by atoms with Crippen molar-refractivity contribution in [2.24, 2.45) is 29.4 Å². The van der Waals surface area contributed by atoms with Crippen molar-refractivity contribution in [2.45, 2.75) is 291 Å². The molecule has 3 rings (SSSR count). The lowest BCUT2D eigenvalue weighted by Crippen LogP contribution is -2.66. The first-order valence-corrected chi connectivity index (χ1v) is 34.8. The van der Waals surface area contributed by atoms with E-state index in [1.165, 1.54) is 90.9 Å². The number of amides is 15. The topological polar surface area (TPSA) is 444 Å². The first-order chi connectivity index (χ1) is 45.6. The number of hydrogen-bond acceptors (Lipinski definition) is 16. The molecule has 0 aromatic carbocycles. The normalized spacial score (nSPS) is 19.1. The highest BCUT2D eigenvalue weighted by Gasteiger charge is 2.48. The number of carbonyl (C=O) groups excluding carboxylic acids is 15. The van der Waals surface area contributed by atoms with E-state index in [0.29, 0.717) is 32.1 Å². The summed E-state index contributed by atoms with van der Waals surface area (Å²) < 4.78 is 0. The van der Waals surface area contributed by atoms with Crippen molar-refractivity contribution in [2.75, 3.05) is 26.2 Å². The van der Waals surface area contributed by atoms with E-state index in [1.54, 1.807) is 34.6 Å². The molecular formula is C68H117N15O16. The fraction of sp³-hybridized carbons (Fsp3) is 0.779. The Balaban J connectivity index is 1.70. The van der Waals surface area contributed by atoms with Gasteiger partial charge in [0.2, 0.25) is 88.6 Å². The van der Waals surface area contributed by atoms with E-state index in [4.69, 9.17) is 5.73 Å². The third-order valence-electron chi connectivity index (χ3n) is 18.0. The van der Waals surface area contributed by atoms with Crippen molar-refractivity contribution in [3.8, 4) is 0 Å². The van der Waals surface area contributed by atoms with E-state index >= 15 is 0 Å². The lowest BCUT2D eigenvalue weighted by Gasteiger charge is -2.37. The van der Waals surface area contributed by atoms with Gasteiger partial charge in [0.1, 0.15) is 76.0 Å². The maximum atomic E-state index is 14.5. The largest absolute Gasteiger partial charge is 0.394 e. The Bertz CT molecular complexity index is 2980. The Morgan fingerprint density at radius 2 is 0.838 bits per heavy atom. The van der Waals surface area contributed by atoms with Gasteiger partial charge in [-0.25, -0.2) is 0 Å². The minimum absolute atomic E-state index is 0.0451. The molecule has 31 heteroatoms. The molecule has 3 aliphatic rings. The van der Waals surface area contributed by atoms with Gasteiger partial charge in [-0.3, -0.25) is 71.9 Å². The maximum Gasteiger partial charge on any atom is 0.248 e. The number of carbonyl (C=O) groups is 15. The molecule has 3 heterocycles. The number of hydrogen-bond donors (Lipinski definition) is 13. The average Bonchev–Trinajstić information content (AvgIpc) is 1.78. The summed E-state index contributed by atoms with van der Waals surface area (Å²) in [4.78, 5) is 210. The molecule has 14 N–H and O–H groups in total. The second-order valence-electron chi connectivity index (χ2n) is 30.8. The monoisotopic (exact) mass is 1400 g/mol. The van der Waals surface area contributed by atoms with Crippen LogP contribution in [0.15, 0.2) is 0 Å². The van der Waals surface area contributed by atoms with Crippen LogP contribution in [0.5, 0.6) is 0 Å². The highest BCUT2D eigenvalue weighted by Crippen LogP contribution is 2.27. The lowest BCUT2D eigenvalue weighted by atomic mass is 9.94. The zero-order chi connectivity index (χ0) is 75.8. The van der Waals surface area contributed by atoms with Crippen molar-refractivity contribution < 1.29 is 77.0 Å². The predicted octanol–water partition coefficient (Wildman–Crippen LogP) is -0.566. The molecule has 3 fully saturated rings. The van der Waals surface area contributed by atoms with Gasteiger partial charge in [-0.1, -0.05) is 62.3 Å². The molecule has 0 spiro atoms. The second-order valence-corrected chi connectivity index (χ2v) is 30.8. The van der Waals surface area contributed by atoms with E-state index in [9.17, 15) is 77.0 Å². The molecule has 3 aliphatic heterocycles. The Kier molecular flexibility index (Phi) is 30.9. The van der Waals surface area contributed by atoms with Gasteiger partial charge in [0.15, 0.2) is 0 Å². The van der Waals surface area contributed by atoms with Gasteiger partial charge in [-0.15, -0.1) is 0 Å². The summed E-state index contributed by atoms with van der Waals surface area (Å²) in [6, 6.07) is -10.1. The van der Waals surface area contributed by atoms with E-state index in [-0.39, 0.29) is 76.1 Å². The molecular weight excluding hydrogens is 1280 g/mol. The predicted molar refractivity (Wildman–Crippen MR) is 367 cm³/mol. The van der Waals surface area contributed by atoms with Crippen LogP contribution in [0.2, 0.25) is 0 Å². The van der Waals surface area contributed by atoms with Crippen LogP contribution in [-0.2, 0) is 71.9 Å². The van der Waals surface area contributed by atoms with E-state index in [0.717, 1.165) is 0 Å². The van der Waals surface area contributed by atoms with Crippen LogP contribution >= 0.6 is 0 Å². The van der Waals surface area contributed by atoms with Crippen LogP contribution in [0.3, 0.4) is 0 Å². The van der Waals surface area contributed by atoms with Gasteiger partial charge in [-0.2, -0.15) is 0 Å². The summed E-state index contributed by atoms with van der Waals surface area (Å²) in [5.74, 6) is -11.3. The molecule has 0 radical (unpaired) electrons. The number of primary amides is 1. The molecule has 0 aliphatic carbocycles. The summed E-state index contributed by atoms with van der Waals surface area (Å²) in [7, 11) is 0. The van der Waals surface area contributed by atoms with Crippen molar-refractivity contribution in [1.29, 1.82) is 0 Å². The van der Waals surface area contributed by atoms with Crippen LogP contribution in [0.1, 0.15) is 209 Å². The van der Waals surface area contributed by atoms with Crippen LogP contribution < -0.4 is 64.2 Å². The molecule has 560 valence electrons. The number of likely N-dealkylation sites (tertiary alicyclic amines) is 3. The molecule has 0 bridgehead atoms. The average molecular weight is 1400 g/mol. The number of aliphatic hydroxyl groups is 1. The standard InChI is InChI=1S/C68H117N15O16/c1-21-68(20,60(96)74-44(33-38(6)7)54(90)78-66(16,17)62(98)82-29-23-26-47(82)56(92)71-42(35-84)31-36(2)3)80-57(93)48-27-24-30-83(48)63(99)67(18,19)79-58(94)50(39(8)9)75-51(87)40(10)70-55(91)46-25-22-28-81(46)61(97)65(14,15)77-53(89)43(32-37(4)5)72-52(88)45(34-49(69)86)73-59(95)64(12,13)76-41(11)85/h36-40,42-48,50,84H,21-35H2,1-20H3,(H2,69,86)(H,70,91)(H,71,92)(H,72,88)(H,73,95)(H,74,96)(H,75,87)(H,76,85)(H,77,89)(H,78,90)(H,79,94)(H,80,93)/t40-,42-,43-,44-,45-,46-,47-,48-,50-,68+/m0/s1. The summed E-state index contributed by atoms with van der Waals surface area (Å²) >= 11 is 0. The minimum atomic E-state index is -1.69. The fourth-order valence-corrected chi connectivity index (χ4v) is 12.4. The zero-order valence-corrected chi connectivity index (χ0v) is 62.1. The molecule has 10 atom stereocenters. The number of nitrogens with zero attached hydrogens (tertiary/aromatic N) is 3. The van der Waals surface area contributed by atoms with E-state index < -0.39 is 183 Å². The quantitative estimate of drug-likeness (QED) is 0.0378. The van der Waals surface area contributed by atoms with Gasteiger partial charge < -0.3 is 84.0 Å². The summed E-state index contributed by atoms with van der Waals surface area (Å²) in [6.07, 6.45) is 2.22. The van der Waals surface area contributed by atoms with Crippen LogP contribution in [0.25, 0.3) is 0 Å². The Morgan fingerprint density at radius 1 is 0.444 bits per heavy atom. The number of nitrogens with one attached hydrogen (secondary N) is 11. The molecule has 99 heavy (non-hydrogen) atoms. The molecule has 0 saturated carbocycles. The van der Waals surface area contributed by atoms with Gasteiger partial charge >= 0.3 is 0 Å². The molecule has 3 saturated heterocycles. The fourth-order valence-electron chi connectivity index (χ4n) is 12.4. The van der Waals surface area contributed by atoms with Crippen LogP contribution in [-0.4, -0.2) is 217 Å². The molecule has 0 aromatic heterocycles. The molecule has 0 unspecified atom stereocenters. The van der Waals surface area contributed by atoms with Gasteiger partial charge in [0, 0.05) is 26.6 Å². The molecule has 15 amide bonds. The second kappa shape index (κ2) is 35.9. The van der Waals surface area contributed by atoms with Gasteiger partial charge in [-0.05, 0) is 157 Å². The Hall–Kier alpha value is -7.99. The van der Waals surface area contributed by atoms with Crippen LogP contribution in [0.4, 0.5) is 0 Å². The van der Waals surface area contributed by atoms with Crippen LogP contribution in [0, 0.1) is 23.7 Å². The third kappa shape index (κ3) is 24.1. The number of nitrogens with two attached hydrogens (primary N) is 1. The first-order valence-electron chi connectivity index (χ1n) is 34.8.